The Bertz CT molecular complexity index is 959. The van der Waals surface area contributed by atoms with Gasteiger partial charge in [-0.1, -0.05) is 36.4 Å². The highest BCUT2D eigenvalue weighted by Crippen LogP contribution is 2.41. The number of ether oxygens (including phenoxy) is 2. The fraction of sp³-hybridized carbons (Fsp3) is 0.318. The van der Waals surface area contributed by atoms with Crippen molar-refractivity contribution in [2.24, 2.45) is 0 Å². The lowest BCUT2D eigenvalue weighted by Crippen LogP contribution is -2.42. The van der Waals surface area contributed by atoms with Crippen molar-refractivity contribution in [3.8, 4) is 11.5 Å². The van der Waals surface area contributed by atoms with E-state index in [1.54, 1.807) is 35.2 Å². The van der Waals surface area contributed by atoms with Crippen LogP contribution in [0.3, 0.4) is 0 Å². The lowest BCUT2D eigenvalue weighted by molar-refractivity contribution is -0.129. The van der Waals surface area contributed by atoms with Gasteiger partial charge in [0.2, 0.25) is 18.6 Å². The molecule has 7 heteroatoms. The van der Waals surface area contributed by atoms with Crippen LogP contribution < -0.4 is 14.8 Å². The molecule has 0 spiro atoms. The van der Waals surface area contributed by atoms with Crippen LogP contribution in [0.4, 0.5) is 0 Å². The molecule has 7 nitrogen and oxygen atoms in total. The summed E-state index contributed by atoms with van der Waals surface area (Å²) in [5.41, 5.74) is 1.34. The summed E-state index contributed by atoms with van der Waals surface area (Å²) in [6.07, 6.45) is 0. The van der Waals surface area contributed by atoms with Crippen LogP contribution in [0.5, 0.6) is 11.5 Å². The van der Waals surface area contributed by atoms with Gasteiger partial charge in [-0.2, -0.15) is 0 Å². The minimum absolute atomic E-state index is 0.143. The molecule has 1 fully saturated rings. The van der Waals surface area contributed by atoms with Crippen LogP contribution in [-0.4, -0.2) is 47.9 Å². The molecule has 3 unspecified atom stereocenters. The molecule has 2 heterocycles. The highest BCUT2D eigenvalue weighted by atomic mass is 16.7. The number of carbonyl (C=O) groups excluding carboxylic acids is 3. The van der Waals surface area contributed by atoms with E-state index >= 15 is 0 Å². The number of benzene rings is 2. The third-order valence-electron chi connectivity index (χ3n) is 5.40. The molecule has 29 heavy (non-hydrogen) atoms. The predicted octanol–water partition coefficient (Wildman–Crippen LogP) is 2.12. The second-order valence-electron chi connectivity index (χ2n) is 7.29. The van der Waals surface area contributed by atoms with Crippen LogP contribution in [0.1, 0.15) is 35.7 Å². The largest absolute Gasteiger partial charge is 0.454 e. The van der Waals surface area contributed by atoms with Crippen molar-refractivity contribution in [2.45, 2.75) is 31.8 Å². The minimum atomic E-state index is -0.730. The fourth-order valence-electron chi connectivity index (χ4n) is 4.19. The molecule has 2 aromatic rings. The summed E-state index contributed by atoms with van der Waals surface area (Å²) in [6, 6.07) is 13.3. The number of Topliss-reactive ketones (excluding diaryl/α,β-unsaturated/α-hetero) is 1. The zero-order valence-electron chi connectivity index (χ0n) is 16.3. The summed E-state index contributed by atoms with van der Waals surface area (Å²) in [5, 5.41) is 2.92. The van der Waals surface area contributed by atoms with E-state index < -0.39 is 18.0 Å². The number of amides is 2. The number of carbonyl (C=O) groups is 3. The van der Waals surface area contributed by atoms with E-state index in [1.165, 1.54) is 13.8 Å². The summed E-state index contributed by atoms with van der Waals surface area (Å²) >= 11 is 0. The Hall–Kier alpha value is -3.35. The Morgan fingerprint density at radius 1 is 1.00 bits per heavy atom. The molecule has 1 N–H and O–H groups in total. The molecule has 1 saturated heterocycles. The maximum atomic E-state index is 13.4. The van der Waals surface area contributed by atoms with Gasteiger partial charge in [0.15, 0.2) is 17.3 Å². The first-order valence-electron chi connectivity index (χ1n) is 9.49. The highest BCUT2D eigenvalue weighted by molar-refractivity contribution is 6.03. The zero-order valence-corrected chi connectivity index (χ0v) is 16.3. The van der Waals surface area contributed by atoms with E-state index in [0.29, 0.717) is 17.1 Å². The molecule has 2 aliphatic heterocycles. The van der Waals surface area contributed by atoms with Gasteiger partial charge in [-0.15, -0.1) is 0 Å². The van der Waals surface area contributed by atoms with Gasteiger partial charge in [0.1, 0.15) is 6.04 Å². The molecule has 2 aromatic carbocycles. The van der Waals surface area contributed by atoms with Gasteiger partial charge in [-0.3, -0.25) is 14.4 Å². The molecule has 2 amide bonds. The first-order chi connectivity index (χ1) is 14.0. The Balaban J connectivity index is 1.79. The van der Waals surface area contributed by atoms with Crippen molar-refractivity contribution in [1.82, 2.24) is 10.2 Å². The van der Waals surface area contributed by atoms with Crippen molar-refractivity contribution in [2.75, 3.05) is 13.3 Å². The molecule has 2 aliphatic rings. The highest BCUT2D eigenvalue weighted by Gasteiger charge is 2.48. The van der Waals surface area contributed by atoms with Crippen LogP contribution in [0.15, 0.2) is 48.5 Å². The quantitative estimate of drug-likeness (QED) is 0.803. The van der Waals surface area contributed by atoms with Gasteiger partial charge < -0.3 is 19.7 Å². The summed E-state index contributed by atoms with van der Waals surface area (Å²) in [4.78, 5) is 39.2. The fourth-order valence-corrected chi connectivity index (χ4v) is 4.19. The lowest BCUT2D eigenvalue weighted by Gasteiger charge is -2.27. The number of nitrogens with one attached hydrogen (secondary N) is 1. The van der Waals surface area contributed by atoms with E-state index in [0.717, 1.165) is 5.56 Å². The minimum Gasteiger partial charge on any atom is -0.454 e. The van der Waals surface area contributed by atoms with Crippen molar-refractivity contribution < 1.29 is 23.9 Å². The zero-order chi connectivity index (χ0) is 20.5. The molecular formula is C22H22N2O5. The number of hydrogen-bond donors (Lipinski definition) is 1. The molecule has 150 valence electrons. The average molecular weight is 394 g/mol. The van der Waals surface area contributed by atoms with Gasteiger partial charge in [0, 0.05) is 31.9 Å². The molecule has 0 aromatic heterocycles. The van der Waals surface area contributed by atoms with E-state index in [2.05, 4.69) is 5.32 Å². The summed E-state index contributed by atoms with van der Waals surface area (Å²) in [5.74, 6) is 0.240. The van der Waals surface area contributed by atoms with Gasteiger partial charge in [0.05, 0.1) is 6.04 Å². The molecule has 4 rings (SSSR count). The molecule has 0 saturated carbocycles. The molecule has 3 atom stereocenters. The summed E-state index contributed by atoms with van der Waals surface area (Å²) in [6.45, 7) is 3.28. The average Bonchev–Trinajstić information content (AvgIpc) is 3.31. The first-order valence-corrected chi connectivity index (χ1v) is 9.49. The van der Waals surface area contributed by atoms with Crippen LogP contribution in [0, 0.1) is 0 Å². The molecule has 0 aliphatic carbocycles. The summed E-state index contributed by atoms with van der Waals surface area (Å²) in [7, 11) is 0. The number of likely N-dealkylation sites (tertiary alicyclic amines) is 1. The maximum absolute atomic E-state index is 13.4. The number of hydrogen-bond acceptors (Lipinski definition) is 5. The second kappa shape index (κ2) is 7.58. The topological polar surface area (TPSA) is 84.9 Å². The molecule has 0 bridgehead atoms. The SMILES string of the molecule is CC(=O)NC1CN(C(C)=O)C(C(=O)c2ccccc2)C1c1ccc2c(c1)OCO2. The third kappa shape index (κ3) is 3.55. The van der Waals surface area contributed by atoms with E-state index in [1.807, 2.05) is 18.2 Å². The summed E-state index contributed by atoms with van der Waals surface area (Å²) < 4.78 is 10.9. The van der Waals surface area contributed by atoms with Gasteiger partial charge in [-0.05, 0) is 17.7 Å². The standard InChI is InChI=1S/C22H22N2O5/c1-13(25)23-17-11-24(14(2)26)21(22(27)15-6-4-3-5-7-15)20(17)16-8-9-18-19(10-16)29-12-28-18/h3-10,17,20-21H,11-12H2,1-2H3,(H,23,25). The Morgan fingerprint density at radius 3 is 2.41 bits per heavy atom. The number of ketones is 1. The van der Waals surface area contributed by atoms with Crippen molar-refractivity contribution in [1.29, 1.82) is 0 Å². The van der Waals surface area contributed by atoms with Crippen LogP contribution in [0.25, 0.3) is 0 Å². The number of nitrogens with zero attached hydrogens (tertiary/aromatic N) is 1. The number of rotatable bonds is 4. The van der Waals surface area contributed by atoms with E-state index in [9.17, 15) is 14.4 Å². The van der Waals surface area contributed by atoms with Crippen molar-refractivity contribution >= 4 is 17.6 Å². The lowest BCUT2D eigenvalue weighted by atomic mass is 9.84. The van der Waals surface area contributed by atoms with Crippen molar-refractivity contribution in [3.63, 3.8) is 0 Å². The Kier molecular flexibility index (Phi) is 4.96. The predicted molar refractivity (Wildman–Crippen MR) is 105 cm³/mol. The van der Waals surface area contributed by atoms with Crippen molar-refractivity contribution in [3.05, 3.63) is 59.7 Å². The first kappa shape index (κ1) is 19.0. The van der Waals surface area contributed by atoms with Gasteiger partial charge in [-0.25, -0.2) is 0 Å². The smallest absolute Gasteiger partial charge is 0.231 e. The monoisotopic (exact) mass is 394 g/mol. The van der Waals surface area contributed by atoms with E-state index in [-0.39, 0.29) is 30.9 Å². The van der Waals surface area contributed by atoms with Crippen LogP contribution >= 0.6 is 0 Å². The van der Waals surface area contributed by atoms with Gasteiger partial charge in [0.25, 0.3) is 0 Å². The second-order valence-corrected chi connectivity index (χ2v) is 7.29. The van der Waals surface area contributed by atoms with Crippen LogP contribution in [0.2, 0.25) is 0 Å². The molecular weight excluding hydrogens is 372 g/mol. The normalized spacial score (nSPS) is 22.4. The Morgan fingerprint density at radius 2 is 1.72 bits per heavy atom. The maximum Gasteiger partial charge on any atom is 0.231 e. The Labute approximate surface area is 168 Å². The van der Waals surface area contributed by atoms with Crippen LogP contribution in [-0.2, 0) is 9.59 Å². The van der Waals surface area contributed by atoms with Gasteiger partial charge >= 0.3 is 0 Å². The molecule has 0 radical (unpaired) electrons. The number of fused-ring (bicyclic) bond motifs is 1. The van der Waals surface area contributed by atoms with E-state index in [4.69, 9.17) is 9.47 Å². The third-order valence-corrected chi connectivity index (χ3v) is 5.40.